The Kier molecular flexibility index (Phi) is 16.2. The van der Waals surface area contributed by atoms with Crippen molar-refractivity contribution in [2.75, 3.05) is 26.2 Å². The fourth-order valence-electron chi connectivity index (χ4n) is 3.09. The minimum absolute atomic E-state index is 0.0293. The first-order valence-electron chi connectivity index (χ1n) is 10.8. The molecule has 0 rings (SSSR count). The van der Waals surface area contributed by atoms with Crippen LogP contribution < -0.4 is 21.3 Å². The van der Waals surface area contributed by atoms with Gasteiger partial charge in [0.2, 0.25) is 23.6 Å². The van der Waals surface area contributed by atoms with Gasteiger partial charge in [0.1, 0.15) is 0 Å². The number of unbranched alkanes of at least 4 members (excludes halogenated alkanes) is 1. The van der Waals surface area contributed by atoms with Crippen LogP contribution in [0, 0.1) is 37.0 Å². The molecule has 0 saturated heterocycles. The van der Waals surface area contributed by atoms with Crippen molar-refractivity contribution in [3.8, 4) is 37.0 Å². The number of amides is 4. The molecule has 0 aliphatic rings. The molecule has 9 nitrogen and oxygen atoms in total. The molecule has 9 heteroatoms. The highest BCUT2D eigenvalue weighted by Crippen LogP contribution is 2.26. The second-order valence-corrected chi connectivity index (χ2v) is 7.45. The summed E-state index contributed by atoms with van der Waals surface area (Å²) < 4.78 is 0. The third kappa shape index (κ3) is 15.0. The quantitative estimate of drug-likeness (QED) is 0.149. The van der Waals surface area contributed by atoms with Crippen molar-refractivity contribution in [1.82, 2.24) is 21.3 Å². The van der Waals surface area contributed by atoms with Gasteiger partial charge in [-0.25, -0.2) is 0 Å². The Bertz CT molecular complexity index is 690. The Balaban J connectivity index is 5.54. The molecule has 0 saturated carbocycles. The number of terminal acetylenes is 3. The largest absolute Gasteiger partial charge is 0.396 e. The summed E-state index contributed by atoms with van der Waals surface area (Å²) >= 11 is 0. The van der Waals surface area contributed by atoms with E-state index in [0.717, 1.165) is 0 Å². The fraction of sp³-hybridized carbons (Fsp3) is 0.583. The maximum atomic E-state index is 12.6. The van der Waals surface area contributed by atoms with Crippen LogP contribution in [0.5, 0.6) is 0 Å². The van der Waals surface area contributed by atoms with Gasteiger partial charge in [0.15, 0.2) is 0 Å². The first-order valence-corrected chi connectivity index (χ1v) is 10.8. The van der Waals surface area contributed by atoms with Gasteiger partial charge in [-0.05, 0) is 32.1 Å². The van der Waals surface area contributed by atoms with Crippen molar-refractivity contribution in [2.24, 2.45) is 0 Å². The average Bonchev–Trinajstić information content (AvgIpc) is 2.80. The third-order valence-corrected chi connectivity index (χ3v) is 4.87. The van der Waals surface area contributed by atoms with Gasteiger partial charge < -0.3 is 26.4 Å². The fourth-order valence-corrected chi connectivity index (χ4v) is 3.09. The van der Waals surface area contributed by atoms with E-state index in [1.807, 2.05) is 0 Å². The maximum Gasteiger partial charge on any atom is 0.220 e. The van der Waals surface area contributed by atoms with Crippen molar-refractivity contribution in [3.63, 3.8) is 0 Å². The van der Waals surface area contributed by atoms with Gasteiger partial charge in [-0.1, -0.05) is 17.8 Å². The molecule has 0 aliphatic heterocycles. The number of hydrogen-bond acceptors (Lipinski definition) is 5. The summed E-state index contributed by atoms with van der Waals surface area (Å²) in [4.78, 5) is 49.1. The minimum atomic E-state index is -0.995. The van der Waals surface area contributed by atoms with Crippen molar-refractivity contribution in [3.05, 3.63) is 0 Å². The lowest BCUT2D eigenvalue weighted by Crippen LogP contribution is -2.50. The second kappa shape index (κ2) is 18.1. The zero-order valence-corrected chi connectivity index (χ0v) is 19.0. The Hall–Kier alpha value is -3.48. The molecular formula is C24H34N4O5. The summed E-state index contributed by atoms with van der Waals surface area (Å²) in [5.74, 6) is 5.74. The van der Waals surface area contributed by atoms with Crippen LogP contribution in [0.15, 0.2) is 0 Å². The Morgan fingerprint density at radius 3 is 1.36 bits per heavy atom. The van der Waals surface area contributed by atoms with Gasteiger partial charge in [-0.3, -0.25) is 19.2 Å². The molecule has 0 aliphatic carbocycles. The molecule has 0 bridgehead atoms. The van der Waals surface area contributed by atoms with Crippen LogP contribution in [-0.2, 0) is 19.2 Å². The van der Waals surface area contributed by atoms with E-state index < -0.39 is 5.54 Å². The maximum absolute atomic E-state index is 12.6. The SMILES string of the molecule is C#CCNC(=O)CCC(CCC(=O)NCC#C)(CCC(=O)NCC#C)NC(=O)CCCCO. The molecule has 0 unspecified atom stereocenters. The smallest absolute Gasteiger partial charge is 0.220 e. The molecule has 0 aromatic carbocycles. The molecule has 0 fully saturated rings. The molecule has 0 atom stereocenters. The summed E-state index contributed by atoms with van der Waals surface area (Å²) in [6.45, 7) is 0.186. The molecular weight excluding hydrogens is 424 g/mol. The molecule has 180 valence electrons. The molecule has 0 heterocycles. The van der Waals surface area contributed by atoms with Crippen molar-refractivity contribution < 1.29 is 24.3 Å². The highest BCUT2D eigenvalue weighted by atomic mass is 16.3. The van der Waals surface area contributed by atoms with Gasteiger partial charge in [-0.2, -0.15) is 0 Å². The van der Waals surface area contributed by atoms with E-state index in [0.29, 0.717) is 12.8 Å². The predicted molar refractivity (Wildman–Crippen MR) is 125 cm³/mol. The number of carbonyl (C=O) groups is 4. The van der Waals surface area contributed by atoms with E-state index >= 15 is 0 Å². The molecule has 4 amide bonds. The zero-order chi connectivity index (χ0) is 25.0. The van der Waals surface area contributed by atoms with Crippen LogP contribution >= 0.6 is 0 Å². The van der Waals surface area contributed by atoms with E-state index in [1.165, 1.54) is 0 Å². The van der Waals surface area contributed by atoms with Crippen molar-refractivity contribution in [1.29, 1.82) is 0 Å². The molecule has 0 spiro atoms. The normalized spacial score (nSPS) is 10.1. The number of rotatable bonds is 17. The summed E-state index contributed by atoms with van der Waals surface area (Å²) in [6.07, 6.45) is 17.3. The lowest BCUT2D eigenvalue weighted by Gasteiger charge is -2.35. The van der Waals surface area contributed by atoms with Crippen LogP contribution in [0.2, 0.25) is 0 Å². The van der Waals surface area contributed by atoms with E-state index in [1.54, 1.807) is 0 Å². The van der Waals surface area contributed by atoms with Gasteiger partial charge in [0.25, 0.3) is 0 Å². The van der Waals surface area contributed by atoms with E-state index in [-0.39, 0.29) is 94.8 Å². The first kappa shape index (κ1) is 29.5. The summed E-state index contributed by atoms with van der Waals surface area (Å²) in [7, 11) is 0. The number of hydrogen-bond donors (Lipinski definition) is 5. The lowest BCUT2D eigenvalue weighted by atomic mass is 9.83. The van der Waals surface area contributed by atoms with Gasteiger partial charge in [-0.15, -0.1) is 19.3 Å². The summed E-state index contributed by atoms with van der Waals surface area (Å²) in [5.41, 5.74) is -0.995. The van der Waals surface area contributed by atoms with Crippen molar-refractivity contribution >= 4 is 23.6 Å². The van der Waals surface area contributed by atoms with Gasteiger partial charge in [0.05, 0.1) is 19.6 Å². The van der Waals surface area contributed by atoms with E-state index in [2.05, 4.69) is 39.0 Å². The monoisotopic (exact) mass is 458 g/mol. The van der Waals surface area contributed by atoms with Gasteiger partial charge in [0, 0.05) is 37.8 Å². The van der Waals surface area contributed by atoms with Crippen LogP contribution in [0.1, 0.15) is 57.8 Å². The Morgan fingerprint density at radius 2 is 1.03 bits per heavy atom. The molecule has 0 radical (unpaired) electrons. The van der Waals surface area contributed by atoms with Gasteiger partial charge >= 0.3 is 0 Å². The lowest BCUT2D eigenvalue weighted by molar-refractivity contribution is -0.127. The highest BCUT2D eigenvalue weighted by Gasteiger charge is 2.33. The van der Waals surface area contributed by atoms with Crippen LogP contribution in [0.25, 0.3) is 0 Å². The van der Waals surface area contributed by atoms with E-state index in [9.17, 15) is 19.2 Å². The summed E-state index contributed by atoms with van der Waals surface area (Å²) in [5, 5.41) is 19.6. The number of aliphatic hydroxyl groups excluding tert-OH is 1. The average molecular weight is 459 g/mol. The standard InChI is InChI=1S/C24H34N4O5/c1-4-16-25-20(30)10-13-24(14-11-21(31)26-17-5-2,15-12-22(32)27-18-6-3)28-23(33)9-7-8-19-29/h1-3,29H,7-19H2,(H,25,30)(H,26,31)(H,27,32)(H,28,33). The third-order valence-electron chi connectivity index (χ3n) is 4.87. The Labute approximate surface area is 196 Å². The number of aliphatic hydroxyl groups is 1. The van der Waals surface area contributed by atoms with Crippen LogP contribution in [0.4, 0.5) is 0 Å². The highest BCUT2D eigenvalue weighted by molar-refractivity contribution is 5.80. The second-order valence-electron chi connectivity index (χ2n) is 7.45. The van der Waals surface area contributed by atoms with E-state index in [4.69, 9.17) is 24.4 Å². The first-order chi connectivity index (χ1) is 15.8. The van der Waals surface area contributed by atoms with Crippen LogP contribution in [-0.4, -0.2) is 60.5 Å². The number of nitrogens with one attached hydrogen (secondary N) is 4. The van der Waals surface area contributed by atoms with Crippen molar-refractivity contribution in [2.45, 2.75) is 63.3 Å². The predicted octanol–water partition coefficient (Wildman–Crippen LogP) is -0.407. The molecule has 5 N–H and O–H groups in total. The molecule has 0 aromatic heterocycles. The summed E-state index contributed by atoms with van der Waals surface area (Å²) in [6, 6.07) is 0. The van der Waals surface area contributed by atoms with Crippen LogP contribution in [0.3, 0.4) is 0 Å². The minimum Gasteiger partial charge on any atom is -0.396 e. The number of carbonyl (C=O) groups excluding carboxylic acids is 4. The molecule has 33 heavy (non-hydrogen) atoms. The zero-order valence-electron chi connectivity index (χ0n) is 19.0. The topological polar surface area (TPSA) is 137 Å². The molecule has 0 aromatic rings. The Morgan fingerprint density at radius 1 is 0.636 bits per heavy atom.